The van der Waals surface area contributed by atoms with Gasteiger partial charge in [-0.1, -0.05) is 6.92 Å². The summed E-state index contributed by atoms with van der Waals surface area (Å²) in [7, 11) is 0. The van der Waals surface area contributed by atoms with Crippen LogP contribution in [0, 0.1) is 5.92 Å². The number of hydrogen-bond acceptors (Lipinski definition) is 3. The van der Waals surface area contributed by atoms with E-state index in [-0.39, 0.29) is 0 Å². The Bertz CT molecular complexity index is 147. The molecule has 1 N–H and O–H groups in total. The Morgan fingerprint density at radius 3 is 2.80 bits per heavy atom. The van der Waals surface area contributed by atoms with Gasteiger partial charge in [-0.05, 0) is 51.9 Å². The van der Waals surface area contributed by atoms with Gasteiger partial charge in [-0.2, -0.15) is 0 Å². The molecule has 15 heavy (non-hydrogen) atoms. The van der Waals surface area contributed by atoms with Gasteiger partial charge in [-0.25, -0.2) is 0 Å². The van der Waals surface area contributed by atoms with Crippen molar-refractivity contribution < 1.29 is 4.74 Å². The molecule has 1 aliphatic rings. The molecule has 0 aromatic rings. The predicted octanol–water partition coefficient (Wildman–Crippen LogP) is 1.34. The fraction of sp³-hybridized carbons (Fsp3) is 1.00. The van der Waals surface area contributed by atoms with E-state index in [1.165, 1.54) is 32.5 Å². The maximum atomic E-state index is 5.38. The molecule has 0 bridgehead atoms. The average molecular weight is 214 g/mol. The minimum Gasteiger partial charge on any atom is -0.380 e. The van der Waals surface area contributed by atoms with Gasteiger partial charge in [0.15, 0.2) is 0 Å². The SMILES string of the molecule is CCOCCN(CC)CCC1CCNC1. The van der Waals surface area contributed by atoms with Gasteiger partial charge in [0.2, 0.25) is 0 Å². The van der Waals surface area contributed by atoms with Crippen LogP contribution < -0.4 is 5.32 Å². The molecule has 1 heterocycles. The highest BCUT2D eigenvalue weighted by atomic mass is 16.5. The van der Waals surface area contributed by atoms with E-state index in [1.54, 1.807) is 0 Å². The van der Waals surface area contributed by atoms with Crippen LogP contribution in [0.3, 0.4) is 0 Å². The van der Waals surface area contributed by atoms with Gasteiger partial charge in [-0.15, -0.1) is 0 Å². The number of rotatable bonds is 8. The minimum atomic E-state index is 0.837. The lowest BCUT2D eigenvalue weighted by atomic mass is 10.1. The molecule has 3 heteroatoms. The second-order valence-corrected chi connectivity index (χ2v) is 4.28. The summed E-state index contributed by atoms with van der Waals surface area (Å²) in [6.07, 6.45) is 2.70. The summed E-state index contributed by atoms with van der Waals surface area (Å²) < 4.78 is 5.38. The van der Waals surface area contributed by atoms with Gasteiger partial charge < -0.3 is 15.0 Å². The Hall–Kier alpha value is -0.120. The van der Waals surface area contributed by atoms with Gasteiger partial charge >= 0.3 is 0 Å². The summed E-state index contributed by atoms with van der Waals surface area (Å²) in [5.74, 6) is 0.908. The third-order valence-corrected chi connectivity index (χ3v) is 3.22. The molecule has 0 spiro atoms. The lowest BCUT2D eigenvalue weighted by Gasteiger charge is -2.21. The van der Waals surface area contributed by atoms with E-state index in [0.29, 0.717) is 0 Å². The van der Waals surface area contributed by atoms with Crippen molar-refractivity contribution in [1.29, 1.82) is 0 Å². The topological polar surface area (TPSA) is 24.5 Å². The van der Waals surface area contributed by atoms with Gasteiger partial charge in [0, 0.05) is 13.2 Å². The Kier molecular flexibility index (Phi) is 6.98. The molecule has 1 atom stereocenters. The van der Waals surface area contributed by atoms with E-state index in [4.69, 9.17) is 4.74 Å². The summed E-state index contributed by atoms with van der Waals surface area (Å²) in [5, 5.41) is 3.42. The highest BCUT2D eigenvalue weighted by Gasteiger charge is 2.15. The largest absolute Gasteiger partial charge is 0.380 e. The monoisotopic (exact) mass is 214 g/mol. The van der Waals surface area contributed by atoms with Crippen LogP contribution in [0.2, 0.25) is 0 Å². The van der Waals surface area contributed by atoms with Crippen LogP contribution in [-0.2, 0) is 4.74 Å². The lowest BCUT2D eigenvalue weighted by Crippen LogP contribution is -2.30. The molecule has 0 saturated carbocycles. The molecule has 0 amide bonds. The average Bonchev–Trinajstić information content (AvgIpc) is 2.76. The van der Waals surface area contributed by atoms with Crippen LogP contribution in [0.1, 0.15) is 26.7 Å². The quantitative estimate of drug-likeness (QED) is 0.617. The molecule has 1 unspecified atom stereocenters. The highest BCUT2D eigenvalue weighted by molar-refractivity contribution is 4.72. The van der Waals surface area contributed by atoms with Gasteiger partial charge in [0.1, 0.15) is 0 Å². The van der Waals surface area contributed by atoms with E-state index in [1.807, 2.05) is 0 Å². The normalized spacial score (nSPS) is 21.4. The van der Waals surface area contributed by atoms with E-state index < -0.39 is 0 Å². The summed E-state index contributed by atoms with van der Waals surface area (Å²) in [4.78, 5) is 2.49. The molecule has 3 nitrogen and oxygen atoms in total. The Morgan fingerprint density at radius 1 is 1.33 bits per heavy atom. The first-order chi connectivity index (χ1) is 7.36. The molecule has 1 fully saturated rings. The Balaban J connectivity index is 2.04. The van der Waals surface area contributed by atoms with Crippen LogP contribution >= 0.6 is 0 Å². The minimum absolute atomic E-state index is 0.837. The molecule has 90 valence electrons. The standard InChI is InChI=1S/C12H26N2O/c1-3-14(9-10-15-4-2)8-6-12-5-7-13-11-12/h12-13H,3-11H2,1-2H3. The van der Waals surface area contributed by atoms with Gasteiger partial charge in [0.25, 0.3) is 0 Å². The van der Waals surface area contributed by atoms with Gasteiger partial charge in [-0.3, -0.25) is 0 Å². The molecule has 1 aliphatic heterocycles. The van der Waals surface area contributed by atoms with Crippen molar-refractivity contribution in [2.24, 2.45) is 5.92 Å². The highest BCUT2D eigenvalue weighted by Crippen LogP contribution is 2.12. The third-order valence-electron chi connectivity index (χ3n) is 3.22. The summed E-state index contributed by atoms with van der Waals surface area (Å²) in [6.45, 7) is 11.9. The first-order valence-electron chi connectivity index (χ1n) is 6.37. The van der Waals surface area contributed by atoms with Crippen molar-refractivity contribution in [2.75, 3.05) is 45.9 Å². The maximum Gasteiger partial charge on any atom is 0.0593 e. The molecule has 1 saturated heterocycles. The number of nitrogens with zero attached hydrogens (tertiary/aromatic N) is 1. The van der Waals surface area contributed by atoms with Crippen LogP contribution in [-0.4, -0.2) is 50.8 Å². The molecule has 1 rings (SSSR count). The second-order valence-electron chi connectivity index (χ2n) is 4.28. The Morgan fingerprint density at radius 2 is 2.20 bits per heavy atom. The van der Waals surface area contributed by atoms with E-state index in [0.717, 1.165) is 32.2 Å². The zero-order valence-electron chi connectivity index (χ0n) is 10.3. The molecular formula is C12H26N2O. The number of likely N-dealkylation sites (N-methyl/N-ethyl adjacent to an activating group) is 1. The number of ether oxygens (including phenoxy) is 1. The first-order valence-corrected chi connectivity index (χ1v) is 6.37. The van der Waals surface area contributed by atoms with E-state index in [9.17, 15) is 0 Å². The molecule has 0 aromatic carbocycles. The molecule has 0 aromatic heterocycles. The Labute approximate surface area is 94.2 Å². The summed E-state index contributed by atoms with van der Waals surface area (Å²) in [5.41, 5.74) is 0. The second kappa shape index (κ2) is 8.08. The number of hydrogen-bond donors (Lipinski definition) is 1. The smallest absolute Gasteiger partial charge is 0.0593 e. The van der Waals surface area contributed by atoms with Crippen LogP contribution in [0.25, 0.3) is 0 Å². The third kappa shape index (κ3) is 5.50. The predicted molar refractivity (Wildman–Crippen MR) is 64.2 cm³/mol. The molecule has 0 aliphatic carbocycles. The molecular weight excluding hydrogens is 188 g/mol. The zero-order chi connectivity index (χ0) is 10.9. The van der Waals surface area contributed by atoms with Crippen LogP contribution in [0.5, 0.6) is 0 Å². The van der Waals surface area contributed by atoms with Crippen molar-refractivity contribution in [2.45, 2.75) is 26.7 Å². The fourth-order valence-electron chi connectivity index (χ4n) is 2.09. The first kappa shape index (κ1) is 12.9. The zero-order valence-corrected chi connectivity index (χ0v) is 10.3. The maximum absolute atomic E-state index is 5.38. The fourth-order valence-corrected chi connectivity index (χ4v) is 2.09. The van der Waals surface area contributed by atoms with Gasteiger partial charge in [0.05, 0.1) is 6.61 Å². The van der Waals surface area contributed by atoms with Crippen molar-refractivity contribution in [3.8, 4) is 0 Å². The summed E-state index contributed by atoms with van der Waals surface area (Å²) in [6, 6.07) is 0. The van der Waals surface area contributed by atoms with Crippen LogP contribution in [0.15, 0.2) is 0 Å². The van der Waals surface area contributed by atoms with E-state index in [2.05, 4.69) is 24.1 Å². The van der Waals surface area contributed by atoms with Crippen LogP contribution in [0.4, 0.5) is 0 Å². The molecule has 0 radical (unpaired) electrons. The van der Waals surface area contributed by atoms with E-state index >= 15 is 0 Å². The lowest BCUT2D eigenvalue weighted by molar-refractivity contribution is 0.113. The summed E-state index contributed by atoms with van der Waals surface area (Å²) >= 11 is 0. The van der Waals surface area contributed by atoms with Crippen molar-refractivity contribution in [1.82, 2.24) is 10.2 Å². The van der Waals surface area contributed by atoms with Crippen molar-refractivity contribution >= 4 is 0 Å². The van der Waals surface area contributed by atoms with Crippen molar-refractivity contribution in [3.63, 3.8) is 0 Å². The number of nitrogens with one attached hydrogen (secondary N) is 1. The van der Waals surface area contributed by atoms with Crippen molar-refractivity contribution in [3.05, 3.63) is 0 Å².